The summed E-state index contributed by atoms with van der Waals surface area (Å²) in [4.78, 5) is 0. The molecule has 2 heterocycles. The first-order valence-corrected chi connectivity index (χ1v) is 6.72. The van der Waals surface area contributed by atoms with E-state index in [1.807, 2.05) is 36.4 Å². The first-order valence-electron chi connectivity index (χ1n) is 6.72. The minimum atomic E-state index is 0.254. The molecular weight excluding hydrogens is 252 g/mol. The van der Waals surface area contributed by atoms with Crippen molar-refractivity contribution in [1.82, 2.24) is 0 Å². The summed E-state index contributed by atoms with van der Waals surface area (Å²) in [5.41, 5.74) is 3.01. The Morgan fingerprint density at radius 2 is 1.80 bits per heavy atom. The molecule has 0 spiro atoms. The standard InChI is InChI=1S/C17H14O3/c1-3-7-16(19-10-12-9-18-12)13(5-1)15-11-20-17-8-4-2-6-14(15)17/h1-8,11-12H,9-10H2. The minimum absolute atomic E-state index is 0.254. The van der Waals surface area contributed by atoms with Crippen LogP contribution in [0.15, 0.2) is 59.2 Å². The number of epoxide rings is 1. The Kier molecular flexibility index (Phi) is 2.71. The second-order valence-electron chi connectivity index (χ2n) is 4.91. The highest BCUT2D eigenvalue weighted by Crippen LogP contribution is 2.36. The van der Waals surface area contributed by atoms with Gasteiger partial charge in [0.05, 0.1) is 12.9 Å². The molecule has 3 heteroatoms. The van der Waals surface area contributed by atoms with Crippen molar-refractivity contribution in [1.29, 1.82) is 0 Å². The SMILES string of the molecule is c1ccc(-c2coc3ccccc23)c(OCC2CO2)c1. The van der Waals surface area contributed by atoms with E-state index in [1.54, 1.807) is 6.26 Å². The molecule has 1 aromatic heterocycles. The molecule has 0 saturated carbocycles. The van der Waals surface area contributed by atoms with Crippen LogP contribution in [0, 0.1) is 0 Å². The van der Waals surface area contributed by atoms with E-state index >= 15 is 0 Å². The zero-order valence-electron chi connectivity index (χ0n) is 10.9. The molecule has 1 fully saturated rings. The minimum Gasteiger partial charge on any atom is -0.490 e. The first kappa shape index (κ1) is 11.6. The molecule has 20 heavy (non-hydrogen) atoms. The third kappa shape index (κ3) is 2.06. The van der Waals surface area contributed by atoms with Gasteiger partial charge in [0.15, 0.2) is 0 Å². The maximum atomic E-state index is 5.87. The second kappa shape index (κ2) is 4.69. The van der Waals surface area contributed by atoms with Crippen molar-refractivity contribution in [3.8, 4) is 16.9 Å². The van der Waals surface area contributed by atoms with Gasteiger partial charge in [-0.05, 0) is 12.1 Å². The molecule has 3 aromatic rings. The van der Waals surface area contributed by atoms with E-state index in [2.05, 4.69) is 12.1 Å². The summed E-state index contributed by atoms with van der Waals surface area (Å²) in [5, 5.41) is 1.10. The van der Waals surface area contributed by atoms with Gasteiger partial charge in [-0.3, -0.25) is 0 Å². The zero-order chi connectivity index (χ0) is 13.4. The smallest absolute Gasteiger partial charge is 0.134 e. The molecule has 0 amide bonds. The van der Waals surface area contributed by atoms with Gasteiger partial charge < -0.3 is 13.9 Å². The lowest BCUT2D eigenvalue weighted by molar-refractivity contribution is 0.264. The average Bonchev–Trinajstić information content (AvgIpc) is 3.23. The third-order valence-corrected chi connectivity index (χ3v) is 3.49. The number of para-hydroxylation sites is 2. The van der Waals surface area contributed by atoms with Gasteiger partial charge in [0.25, 0.3) is 0 Å². The van der Waals surface area contributed by atoms with Crippen LogP contribution in [0.25, 0.3) is 22.1 Å². The van der Waals surface area contributed by atoms with E-state index in [0.29, 0.717) is 6.61 Å². The number of ether oxygens (including phenoxy) is 2. The lowest BCUT2D eigenvalue weighted by atomic mass is 10.0. The highest BCUT2D eigenvalue weighted by atomic mass is 16.6. The zero-order valence-corrected chi connectivity index (χ0v) is 10.9. The highest BCUT2D eigenvalue weighted by Gasteiger charge is 2.23. The molecule has 1 saturated heterocycles. The van der Waals surface area contributed by atoms with Crippen LogP contribution in [0.4, 0.5) is 0 Å². The van der Waals surface area contributed by atoms with Crippen molar-refractivity contribution in [3.05, 3.63) is 54.8 Å². The molecule has 3 nitrogen and oxygen atoms in total. The van der Waals surface area contributed by atoms with Gasteiger partial charge in [0.1, 0.15) is 24.0 Å². The normalized spacial score (nSPS) is 17.3. The Labute approximate surface area is 116 Å². The Hall–Kier alpha value is -2.26. The first-order chi connectivity index (χ1) is 9.92. The van der Waals surface area contributed by atoms with Crippen LogP contribution in [0.2, 0.25) is 0 Å². The van der Waals surface area contributed by atoms with Crippen molar-refractivity contribution in [2.75, 3.05) is 13.2 Å². The van der Waals surface area contributed by atoms with Crippen molar-refractivity contribution >= 4 is 11.0 Å². The average molecular weight is 266 g/mol. The van der Waals surface area contributed by atoms with Gasteiger partial charge in [-0.15, -0.1) is 0 Å². The van der Waals surface area contributed by atoms with Crippen LogP contribution in [0.3, 0.4) is 0 Å². The summed E-state index contributed by atoms with van der Waals surface area (Å²) in [7, 11) is 0. The summed E-state index contributed by atoms with van der Waals surface area (Å²) in [6.07, 6.45) is 2.05. The van der Waals surface area contributed by atoms with Gasteiger partial charge in [0, 0.05) is 16.5 Å². The van der Waals surface area contributed by atoms with Gasteiger partial charge in [-0.2, -0.15) is 0 Å². The molecule has 1 aliphatic rings. The fourth-order valence-electron chi connectivity index (χ4n) is 2.35. The Bertz CT molecular complexity index is 741. The molecule has 1 atom stereocenters. The second-order valence-corrected chi connectivity index (χ2v) is 4.91. The van der Waals surface area contributed by atoms with E-state index < -0.39 is 0 Å². The number of rotatable bonds is 4. The van der Waals surface area contributed by atoms with Gasteiger partial charge in [-0.1, -0.05) is 36.4 Å². The lowest BCUT2D eigenvalue weighted by Gasteiger charge is -2.09. The van der Waals surface area contributed by atoms with Crippen molar-refractivity contribution in [3.63, 3.8) is 0 Å². The van der Waals surface area contributed by atoms with Crippen LogP contribution < -0.4 is 4.74 Å². The molecule has 0 N–H and O–H groups in total. The molecule has 1 unspecified atom stereocenters. The molecule has 0 radical (unpaired) electrons. The van der Waals surface area contributed by atoms with Crippen molar-refractivity contribution in [2.45, 2.75) is 6.10 Å². The summed E-state index contributed by atoms with van der Waals surface area (Å²) in [5.74, 6) is 0.870. The van der Waals surface area contributed by atoms with E-state index in [9.17, 15) is 0 Å². The number of hydrogen-bond donors (Lipinski definition) is 0. The summed E-state index contributed by atoms with van der Waals surface area (Å²) in [6.45, 7) is 1.41. The van der Waals surface area contributed by atoms with Gasteiger partial charge >= 0.3 is 0 Å². The predicted molar refractivity (Wildman–Crippen MR) is 76.9 cm³/mol. The molecule has 100 valence electrons. The number of fused-ring (bicyclic) bond motifs is 1. The quantitative estimate of drug-likeness (QED) is 0.672. The van der Waals surface area contributed by atoms with E-state index in [1.165, 1.54) is 0 Å². The molecular formula is C17H14O3. The molecule has 0 bridgehead atoms. The van der Waals surface area contributed by atoms with Crippen LogP contribution in [0.1, 0.15) is 0 Å². The maximum absolute atomic E-state index is 5.87. The number of benzene rings is 2. The Balaban J connectivity index is 1.76. The Morgan fingerprint density at radius 3 is 2.70 bits per heavy atom. The largest absolute Gasteiger partial charge is 0.490 e. The van der Waals surface area contributed by atoms with Crippen LogP contribution >= 0.6 is 0 Å². The number of furan rings is 1. The summed E-state index contributed by atoms with van der Waals surface area (Å²) < 4.78 is 16.7. The maximum Gasteiger partial charge on any atom is 0.134 e. The topological polar surface area (TPSA) is 34.9 Å². The van der Waals surface area contributed by atoms with Crippen molar-refractivity contribution < 1.29 is 13.9 Å². The summed E-state index contributed by atoms with van der Waals surface area (Å²) in [6, 6.07) is 16.1. The van der Waals surface area contributed by atoms with Crippen LogP contribution in [0.5, 0.6) is 5.75 Å². The van der Waals surface area contributed by atoms with E-state index in [4.69, 9.17) is 13.9 Å². The molecule has 1 aliphatic heterocycles. The fourth-order valence-corrected chi connectivity index (χ4v) is 2.35. The molecule has 0 aliphatic carbocycles. The number of hydrogen-bond acceptors (Lipinski definition) is 3. The summed E-state index contributed by atoms with van der Waals surface area (Å²) >= 11 is 0. The molecule has 2 aromatic carbocycles. The Morgan fingerprint density at radius 1 is 1.00 bits per heavy atom. The lowest BCUT2D eigenvalue weighted by Crippen LogP contribution is -2.04. The van der Waals surface area contributed by atoms with Crippen LogP contribution in [-0.2, 0) is 4.74 Å². The van der Waals surface area contributed by atoms with Gasteiger partial charge in [0.2, 0.25) is 0 Å². The van der Waals surface area contributed by atoms with E-state index in [-0.39, 0.29) is 6.10 Å². The monoisotopic (exact) mass is 266 g/mol. The third-order valence-electron chi connectivity index (χ3n) is 3.49. The van der Waals surface area contributed by atoms with Gasteiger partial charge in [-0.25, -0.2) is 0 Å². The predicted octanol–water partition coefficient (Wildman–Crippen LogP) is 3.88. The highest BCUT2D eigenvalue weighted by molar-refractivity contribution is 5.95. The van der Waals surface area contributed by atoms with E-state index in [0.717, 1.165) is 34.5 Å². The van der Waals surface area contributed by atoms with Crippen molar-refractivity contribution in [2.24, 2.45) is 0 Å². The molecule has 4 rings (SSSR count). The fraction of sp³-hybridized carbons (Fsp3) is 0.176. The van der Waals surface area contributed by atoms with Crippen LogP contribution in [-0.4, -0.2) is 19.3 Å².